The number of amides is 5. The molecule has 29 heteroatoms. The molecule has 3 aromatic carbocycles. The van der Waals surface area contributed by atoms with E-state index in [0.717, 1.165) is 105 Å². The standard InChI is InChI=1S/C26H31N5O3S2.C24H25N5O2S2.C21H23N5OS2.C3H3ClO/c1-26(2,3)34-25(33)30-20-8-6-19(7-9-20)23(32)31-14-4-5-21(16-31)29-24-28-15-22(36-24)35-17-18-10-12-27-13-11-18;1-2-21(30)27-19-7-5-18(6-8-19)23(31)29-13-3-4-20(15-29)28-24-26-14-22(33-24)32-16-17-9-11-25-12-10-17;22-17-5-3-16(4-6-17)20(27)26-11-1-2-18(13-26)25-21-24-12-19(29-21)28-14-15-7-9-23-10-8-15;1-2-3(4)5/h6-13,15,21H,4-5,14,16-17H2,1-3H3,(H,28,29)(H,30,33);2,5-12,14,20H,1,3-4,13,15-16H2,(H,26,28)(H,27,30);3-10,12,18H,1-2,11,13-14,22H2,(H,24,25);2H,1H2/t21-;20-;18-;/m111./s1. The Morgan fingerprint density at radius 2 is 0.835 bits per heavy atom. The highest BCUT2D eigenvalue weighted by Gasteiger charge is 2.29. The van der Waals surface area contributed by atoms with Crippen molar-refractivity contribution < 1.29 is 33.5 Å². The number of benzene rings is 3. The Kier molecular flexibility index (Phi) is 30.3. The lowest BCUT2D eigenvalue weighted by molar-refractivity contribution is -0.112. The van der Waals surface area contributed by atoms with Gasteiger partial charge in [0, 0.05) is 146 Å². The first-order valence-electron chi connectivity index (χ1n) is 33.2. The molecule has 3 fully saturated rings. The second-order valence-corrected chi connectivity index (χ2v) is 32.0. The van der Waals surface area contributed by atoms with Gasteiger partial charge in [-0.05, 0) is 209 Å². The summed E-state index contributed by atoms with van der Waals surface area (Å²) < 4.78 is 8.75. The lowest BCUT2D eigenvalue weighted by Gasteiger charge is -2.33. The van der Waals surface area contributed by atoms with Crippen LogP contribution < -0.4 is 32.3 Å². The van der Waals surface area contributed by atoms with E-state index in [1.807, 2.05) is 103 Å². The second kappa shape index (κ2) is 40.0. The molecule has 3 aliphatic heterocycles. The fourth-order valence-electron chi connectivity index (χ4n) is 10.6. The maximum Gasteiger partial charge on any atom is 0.412 e. The largest absolute Gasteiger partial charge is 0.444 e. The number of thioether (sulfide) groups is 3. The summed E-state index contributed by atoms with van der Waals surface area (Å²) in [5.74, 6) is 2.42. The van der Waals surface area contributed by atoms with Crippen LogP contribution in [0, 0.1) is 0 Å². The molecule has 3 saturated heterocycles. The monoisotopic (exact) mass is 1520 g/mol. The number of rotatable bonds is 22. The molecule has 3 atom stereocenters. The SMILES string of the molecule is C=CC(=O)Cl.C=CC(=O)Nc1ccc(C(=O)N2CCC[C@@H](Nc3ncc(SCc4ccncc4)s3)C2)cc1.CC(C)(C)OC(=O)Nc1ccc(C(=O)N2CCC[C@@H](Nc3ncc(SCc4ccncc4)s3)C2)cc1.Nc1ccc(C(=O)N2CCC[C@@H](Nc3ncc(SCc4ccncc4)s3)C2)cc1. The van der Waals surface area contributed by atoms with Gasteiger partial charge in [0.15, 0.2) is 15.4 Å². The second-order valence-electron chi connectivity index (χ2n) is 24.7. The van der Waals surface area contributed by atoms with Crippen LogP contribution in [0.5, 0.6) is 0 Å². The number of carbonyl (C=O) groups excluding carboxylic acids is 6. The Labute approximate surface area is 630 Å². The fourth-order valence-corrected chi connectivity index (χ4v) is 16.3. The van der Waals surface area contributed by atoms with E-state index in [2.05, 4.69) is 69.6 Å². The molecule has 0 unspecified atom stereocenters. The molecule has 7 N–H and O–H groups in total. The number of nitrogen functional groups attached to an aromatic ring is 1. The van der Waals surface area contributed by atoms with Crippen LogP contribution in [-0.2, 0) is 31.6 Å². The normalized spacial score (nSPS) is 15.5. The number of pyridine rings is 3. The van der Waals surface area contributed by atoms with Crippen LogP contribution in [0.1, 0.15) is 107 Å². The van der Waals surface area contributed by atoms with E-state index in [4.69, 9.17) is 22.1 Å². The predicted molar refractivity (Wildman–Crippen MR) is 419 cm³/mol. The number of anilines is 6. The van der Waals surface area contributed by atoms with E-state index in [-0.39, 0.29) is 41.8 Å². The number of nitrogens with one attached hydrogen (secondary N) is 5. The van der Waals surface area contributed by atoms with Crippen LogP contribution in [0.3, 0.4) is 0 Å². The molecular formula is C74H82ClN15O7S6. The summed E-state index contributed by atoms with van der Waals surface area (Å²) in [5.41, 5.74) is 12.6. The quantitative estimate of drug-likeness (QED) is 0.0159. The van der Waals surface area contributed by atoms with Crippen LogP contribution in [0.2, 0.25) is 0 Å². The minimum Gasteiger partial charge on any atom is -0.444 e. The van der Waals surface area contributed by atoms with Crippen molar-refractivity contribution in [2.24, 2.45) is 0 Å². The molecule has 9 heterocycles. The summed E-state index contributed by atoms with van der Waals surface area (Å²) in [6, 6.07) is 33.7. The number of ether oxygens (including phenoxy) is 1. The Balaban J connectivity index is 0.000000174. The van der Waals surface area contributed by atoms with E-state index in [1.165, 1.54) is 27.0 Å². The molecule has 0 radical (unpaired) electrons. The van der Waals surface area contributed by atoms with Crippen molar-refractivity contribution in [1.29, 1.82) is 0 Å². The van der Waals surface area contributed by atoms with E-state index in [0.29, 0.717) is 53.4 Å². The van der Waals surface area contributed by atoms with Gasteiger partial charge in [-0.25, -0.2) is 19.7 Å². The van der Waals surface area contributed by atoms with E-state index in [9.17, 15) is 28.8 Å². The van der Waals surface area contributed by atoms with E-state index in [1.54, 1.807) is 167 Å². The number of likely N-dealkylation sites (tertiary alicyclic amines) is 3. The van der Waals surface area contributed by atoms with Crippen LogP contribution in [0.15, 0.2) is 203 Å². The number of carbonyl (C=O) groups is 6. The van der Waals surface area contributed by atoms with Gasteiger partial charge in [0.25, 0.3) is 17.7 Å². The lowest BCUT2D eigenvalue weighted by Crippen LogP contribution is -2.45. The molecular weight excluding hydrogens is 1440 g/mol. The first kappa shape index (κ1) is 78.0. The molecule has 103 heavy (non-hydrogen) atoms. The first-order valence-corrected chi connectivity index (χ1v) is 39.0. The summed E-state index contributed by atoms with van der Waals surface area (Å²) in [4.78, 5) is 103. The minimum atomic E-state index is -0.571. The maximum atomic E-state index is 13.1. The predicted octanol–water partition coefficient (Wildman–Crippen LogP) is 15.6. The third kappa shape index (κ3) is 26.6. The number of nitrogens with zero attached hydrogens (tertiary/aromatic N) is 9. The molecule has 9 aromatic rings. The van der Waals surface area contributed by atoms with Crippen molar-refractivity contribution in [1.82, 2.24) is 44.6 Å². The number of allylic oxidation sites excluding steroid dienone is 1. The van der Waals surface area contributed by atoms with Crippen LogP contribution in [0.4, 0.5) is 37.3 Å². The van der Waals surface area contributed by atoms with Gasteiger partial charge in [-0.1, -0.05) is 47.2 Å². The van der Waals surface area contributed by atoms with Crippen molar-refractivity contribution in [3.63, 3.8) is 0 Å². The number of piperidine rings is 3. The Morgan fingerprint density at radius 1 is 0.515 bits per heavy atom. The summed E-state index contributed by atoms with van der Waals surface area (Å²) in [6.07, 6.45) is 24.2. The topological polar surface area (TPSA) is 285 Å². The number of nitrogens with two attached hydrogens (primary N) is 1. The Hall–Kier alpha value is -9.16. The third-order valence-corrected chi connectivity index (χ3v) is 22.4. The van der Waals surface area contributed by atoms with Gasteiger partial charge in [0.05, 0.1) is 31.2 Å². The number of halogens is 1. The molecule has 12 rings (SSSR count). The molecule has 6 aromatic heterocycles. The summed E-state index contributed by atoms with van der Waals surface area (Å²) in [5, 5.41) is 18.1. The first-order chi connectivity index (χ1) is 49.8. The van der Waals surface area contributed by atoms with Gasteiger partial charge in [-0.2, -0.15) is 0 Å². The highest BCUT2D eigenvalue weighted by atomic mass is 35.5. The highest BCUT2D eigenvalue weighted by molar-refractivity contribution is 8.01. The molecule has 22 nitrogen and oxygen atoms in total. The minimum absolute atomic E-state index is 0.00386. The summed E-state index contributed by atoms with van der Waals surface area (Å²) >= 11 is 14.9. The molecule has 3 aliphatic rings. The zero-order valence-electron chi connectivity index (χ0n) is 57.3. The van der Waals surface area contributed by atoms with Crippen LogP contribution in [0.25, 0.3) is 0 Å². The third-order valence-electron chi connectivity index (χ3n) is 15.6. The maximum absolute atomic E-state index is 13.1. The smallest absolute Gasteiger partial charge is 0.412 e. The molecule has 538 valence electrons. The van der Waals surface area contributed by atoms with Gasteiger partial charge >= 0.3 is 6.09 Å². The Bertz CT molecular complexity index is 4210. The molecule has 0 spiro atoms. The zero-order chi connectivity index (χ0) is 72.9. The lowest BCUT2D eigenvalue weighted by atomic mass is 10.0. The van der Waals surface area contributed by atoms with Crippen molar-refractivity contribution in [3.05, 3.63) is 224 Å². The van der Waals surface area contributed by atoms with Crippen LogP contribution >= 0.6 is 80.9 Å². The van der Waals surface area contributed by atoms with Gasteiger partial charge in [0.1, 0.15) is 5.60 Å². The molecule has 0 aliphatic carbocycles. The zero-order valence-corrected chi connectivity index (χ0v) is 62.9. The van der Waals surface area contributed by atoms with Crippen molar-refractivity contribution in [2.75, 3.05) is 71.6 Å². The fraction of sp³-hybridized carbons (Fsp3) is 0.297. The number of aromatic nitrogens is 6. The van der Waals surface area contributed by atoms with Crippen molar-refractivity contribution in [2.45, 2.75) is 113 Å². The average molecular weight is 1520 g/mol. The molecule has 0 bridgehead atoms. The van der Waals surface area contributed by atoms with E-state index >= 15 is 0 Å². The van der Waals surface area contributed by atoms with Gasteiger partial charge in [0.2, 0.25) is 11.1 Å². The molecule has 5 amide bonds. The average Bonchev–Trinajstić information content (AvgIpc) is 1.77. The van der Waals surface area contributed by atoms with Gasteiger partial charge in [-0.15, -0.1) is 35.3 Å². The Morgan fingerprint density at radius 3 is 1.15 bits per heavy atom. The van der Waals surface area contributed by atoms with Crippen molar-refractivity contribution in [3.8, 4) is 0 Å². The van der Waals surface area contributed by atoms with Gasteiger partial charge in [-0.3, -0.25) is 44.2 Å². The molecule has 0 saturated carbocycles. The summed E-state index contributed by atoms with van der Waals surface area (Å²) in [6.45, 7) is 16.1. The number of hydrogen-bond acceptors (Lipinski definition) is 23. The number of thiazole rings is 3. The van der Waals surface area contributed by atoms with Crippen LogP contribution in [-0.4, -0.2) is 143 Å². The van der Waals surface area contributed by atoms with E-state index < -0.39 is 16.9 Å². The van der Waals surface area contributed by atoms with Gasteiger partial charge < -0.3 is 46.4 Å². The van der Waals surface area contributed by atoms with Crippen molar-refractivity contribution >= 4 is 148 Å². The highest BCUT2D eigenvalue weighted by Crippen LogP contribution is 2.35. The summed E-state index contributed by atoms with van der Waals surface area (Å²) in [7, 11) is 0. The number of hydrogen-bond donors (Lipinski definition) is 6.